The lowest BCUT2D eigenvalue weighted by Gasteiger charge is -2.48. The maximum atomic E-state index is 13.5. The minimum atomic E-state index is -1.96. The summed E-state index contributed by atoms with van der Waals surface area (Å²) in [6, 6.07) is 0.203. The van der Waals surface area contributed by atoms with E-state index in [9.17, 15) is 24.9 Å². The number of methoxy groups -OCH3 is 1. The predicted octanol–water partition coefficient (Wildman–Crippen LogP) is 2.71. The zero-order valence-electron chi connectivity index (χ0n) is 26.9. The molecule has 0 saturated carbocycles. The van der Waals surface area contributed by atoms with Crippen LogP contribution in [-0.4, -0.2) is 108 Å². The number of carbonyl (C=O) groups is 2. The van der Waals surface area contributed by atoms with E-state index in [0.717, 1.165) is 6.42 Å². The van der Waals surface area contributed by atoms with Gasteiger partial charge < -0.3 is 39.2 Å². The Hall–Kier alpha value is -1.40. The molecule has 10 nitrogen and oxygen atoms in total. The first kappa shape index (κ1) is 35.8. The molecule has 0 bridgehead atoms. The number of esters is 1. The zero-order chi connectivity index (χ0) is 31.4. The van der Waals surface area contributed by atoms with Crippen molar-refractivity contribution in [1.82, 2.24) is 4.90 Å². The molecule has 2 rings (SSSR count). The fourth-order valence-electron chi connectivity index (χ4n) is 6.60. The Kier molecular flexibility index (Phi) is 12.6. The van der Waals surface area contributed by atoms with Crippen LogP contribution in [0, 0.1) is 23.7 Å². The molecule has 2 aliphatic heterocycles. The molecule has 7 unspecified atom stereocenters. The summed E-state index contributed by atoms with van der Waals surface area (Å²) in [6.45, 7) is 13.6. The highest BCUT2D eigenvalue weighted by Gasteiger charge is 2.49. The Morgan fingerprint density at radius 3 is 2.24 bits per heavy atom. The third-order valence-electron chi connectivity index (χ3n) is 9.34. The number of nitrogens with zero attached hydrogens (tertiary/aromatic N) is 1. The number of aliphatic hydroxyl groups is 3. The van der Waals surface area contributed by atoms with Crippen molar-refractivity contribution >= 4 is 11.8 Å². The molecular formula is C31H55NO9. The zero-order valence-corrected chi connectivity index (χ0v) is 26.9. The molecule has 2 heterocycles. The second-order valence-electron chi connectivity index (χ2n) is 12.9. The highest BCUT2D eigenvalue weighted by molar-refractivity contribution is 5.96. The SMILES string of the molecule is CCC1OC(=O)C(C)C(O)C(C)[C@@H](OC2OC(C)CC(N(C)C)[C@H]2C)[C@@](C)(OC)C[C@@H](C)C(=O)/C(C)=C/[C@@]1(O)CO. The van der Waals surface area contributed by atoms with Crippen molar-refractivity contribution in [2.75, 3.05) is 27.8 Å². The first-order chi connectivity index (χ1) is 19.0. The van der Waals surface area contributed by atoms with E-state index in [1.165, 1.54) is 6.08 Å². The van der Waals surface area contributed by atoms with Gasteiger partial charge in [-0.1, -0.05) is 27.7 Å². The van der Waals surface area contributed by atoms with Gasteiger partial charge in [0.1, 0.15) is 11.7 Å². The van der Waals surface area contributed by atoms with Gasteiger partial charge in [-0.25, -0.2) is 0 Å². The van der Waals surface area contributed by atoms with E-state index in [1.807, 2.05) is 27.9 Å². The predicted molar refractivity (Wildman–Crippen MR) is 155 cm³/mol. The summed E-state index contributed by atoms with van der Waals surface area (Å²) in [5, 5.41) is 32.9. The minimum Gasteiger partial charge on any atom is -0.459 e. The van der Waals surface area contributed by atoms with Gasteiger partial charge in [0, 0.05) is 30.9 Å². The lowest BCUT2D eigenvalue weighted by Crippen LogP contribution is -2.57. The molecule has 3 N–H and O–H groups in total. The Bertz CT molecular complexity index is 925. The van der Waals surface area contributed by atoms with Crippen LogP contribution in [0.2, 0.25) is 0 Å². The summed E-state index contributed by atoms with van der Waals surface area (Å²) < 4.78 is 24.8. The van der Waals surface area contributed by atoms with Crippen molar-refractivity contribution < 1.29 is 43.9 Å². The van der Waals surface area contributed by atoms with Crippen LogP contribution in [0.15, 0.2) is 11.6 Å². The molecule has 0 aromatic carbocycles. The lowest BCUT2D eigenvalue weighted by molar-refractivity contribution is -0.287. The first-order valence-corrected chi connectivity index (χ1v) is 14.9. The number of aliphatic hydroxyl groups excluding tert-OH is 2. The Balaban J connectivity index is 2.63. The number of hydrogen-bond donors (Lipinski definition) is 3. The lowest BCUT2D eigenvalue weighted by atomic mass is 9.76. The third-order valence-corrected chi connectivity index (χ3v) is 9.34. The molecule has 10 heteroatoms. The summed E-state index contributed by atoms with van der Waals surface area (Å²) in [7, 11) is 5.60. The molecule has 41 heavy (non-hydrogen) atoms. The van der Waals surface area contributed by atoms with Gasteiger partial charge in [-0.2, -0.15) is 0 Å². The van der Waals surface area contributed by atoms with Gasteiger partial charge in [-0.3, -0.25) is 9.59 Å². The molecule has 1 fully saturated rings. The number of rotatable bonds is 6. The summed E-state index contributed by atoms with van der Waals surface area (Å²) in [5.41, 5.74) is -2.79. The molecule has 0 radical (unpaired) electrons. The van der Waals surface area contributed by atoms with Crippen molar-refractivity contribution in [3.05, 3.63) is 11.6 Å². The van der Waals surface area contributed by atoms with Crippen molar-refractivity contribution in [1.29, 1.82) is 0 Å². The fraction of sp³-hybridized carbons (Fsp3) is 0.871. The van der Waals surface area contributed by atoms with Gasteiger partial charge in [0.15, 0.2) is 12.1 Å². The van der Waals surface area contributed by atoms with Crippen molar-refractivity contribution in [3.63, 3.8) is 0 Å². The molecule has 0 aromatic rings. The van der Waals surface area contributed by atoms with Gasteiger partial charge in [-0.05, 0) is 72.7 Å². The van der Waals surface area contributed by atoms with Crippen molar-refractivity contribution in [2.45, 2.75) is 123 Å². The average Bonchev–Trinajstić information content (AvgIpc) is 2.93. The maximum Gasteiger partial charge on any atom is 0.311 e. The Labute approximate surface area is 246 Å². The molecule has 1 saturated heterocycles. The van der Waals surface area contributed by atoms with E-state index in [0.29, 0.717) is 0 Å². The van der Waals surface area contributed by atoms with Crippen molar-refractivity contribution in [2.24, 2.45) is 23.7 Å². The van der Waals surface area contributed by atoms with E-state index in [2.05, 4.69) is 11.8 Å². The van der Waals surface area contributed by atoms with Crippen LogP contribution >= 0.6 is 0 Å². The van der Waals surface area contributed by atoms with Crippen molar-refractivity contribution in [3.8, 4) is 0 Å². The Morgan fingerprint density at radius 2 is 1.73 bits per heavy atom. The van der Waals surface area contributed by atoms with Gasteiger partial charge in [0.25, 0.3) is 0 Å². The number of hydrogen-bond acceptors (Lipinski definition) is 10. The number of allylic oxidation sites excluding steroid dienone is 1. The highest BCUT2D eigenvalue weighted by atomic mass is 16.7. The molecular weight excluding hydrogens is 530 g/mol. The van der Waals surface area contributed by atoms with Gasteiger partial charge >= 0.3 is 5.97 Å². The molecule has 238 valence electrons. The summed E-state index contributed by atoms with van der Waals surface area (Å²) in [6.07, 6.45) is -1.24. The quantitative estimate of drug-likeness (QED) is 0.399. The summed E-state index contributed by atoms with van der Waals surface area (Å²) in [4.78, 5) is 29.0. The Morgan fingerprint density at radius 1 is 1.12 bits per heavy atom. The van der Waals surface area contributed by atoms with Gasteiger partial charge in [0.2, 0.25) is 0 Å². The second-order valence-corrected chi connectivity index (χ2v) is 12.9. The molecule has 0 spiro atoms. The largest absolute Gasteiger partial charge is 0.459 e. The third kappa shape index (κ3) is 7.96. The number of ether oxygens (including phenoxy) is 4. The molecule has 2 aliphatic rings. The van der Waals surface area contributed by atoms with E-state index in [1.54, 1.807) is 41.7 Å². The van der Waals surface area contributed by atoms with Gasteiger partial charge in [-0.15, -0.1) is 0 Å². The summed E-state index contributed by atoms with van der Waals surface area (Å²) >= 11 is 0. The highest BCUT2D eigenvalue weighted by Crippen LogP contribution is 2.39. The topological polar surface area (TPSA) is 135 Å². The number of ketones is 1. The van der Waals surface area contributed by atoms with E-state index >= 15 is 0 Å². The van der Waals surface area contributed by atoms with Crippen LogP contribution in [0.4, 0.5) is 0 Å². The number of Topliss-reactive ketones (excluding diaryl/α,β-unsaturated/α-hetero) is 1. The smallest absolute Gasteiger partial charge is 0.311 e. The van der Waals surface area contributed by atoms with Crippen LogP contribution in [-0.2, 0) is 28.5 Å². The van der Waals surface area contributed by atoms with Crippen LogP contribution in [0.1, 0.15) is 74.7 Å². The average molecular weight is 586 g/mol. The number of carbonyl (C=O) groups excluding carboxylic acids is 2. The van der Waals surface area contributed by atoms with Crippen LogP contribution in [0.3, 0.4) is 0 Å². The molecule has 0 aromatic heterocycles. The normalized spacial score (nSPS) is 45.1. The van der Waals surface area contributed by atoms with Crippen LogP contribution in [0.25, 0.3) is 0 Å². The van der Waals surface area contributed by atoms with E-state index in [4.69, 9.17) is 18.9 Å². The molecule has 0 amide bonds. The summed E-state index contributed by atoms with van der Waals surface area (Å²) in [5.74, 6) is -3.18. The van der Waals surface area contributed by atoms with Crippen LogP contribution < -0.4 is 0 Å². The fourth-order valence-corrected chi connectivity index (χ4v) is 6.60. The van der Waals surface area contributed by atoms with Crippen LogP contribution in [0.5, 0.6) is 0 Å². The molecule has 0 aliphatic carbocycles. The van der Waals surface area contributed by atoms with Gasteiger partial charge in [0.05, 0.1) is 36.4 Å². The second kappa shape index (κ2) is 14.4. The molecule has 12 atom stereocenters. The van der Waals surface area contributed by atoms with E-state index < -0.39 is 66.1 Å². The first-order valence-electron chi connectivity index (χ1n) is 14.9. The maximum absolute atomic E-state index is 13.5. The number of cyclic esters (lactones) is 1. The van der Waals surface area contributed by atoms with E-state index in [-0.39, 0.29) is 42.3 Å². The monoisotopic (exact) mass is 585 g/mol. The standard InChI is InChI=1S/C31H55NO9/c1-12-24-31(37,16-33)15-18(3)25(34)17(2)14-30(8,38-11)27(21(6)26(35)22(7)28(36)40-24)41-29-20(5)23(32(9)10)13-19(4)39-29/h15,17,19-24,26-27,29,33,35,37H,12-14,16H2,1-11H3/b18-15+/t17-,19?,20-,21?,22?,23?,24?,26?,27-,29?,30+,31-/m1/s1. The minimum absolute atomic E-state index is 0.00663.